The van der Waals surface area contributed by atoms with E-state index in [1.165, 1.54) is 5.56 Å². The van der Waals surface area contributed by atoms with Crippen molar-refractivity contribution < 1.29 is 4.79 Å². The molecule has 0 saturated heterocycles. The number of aromatic amines is 1. The average Bonchev–Trinajstić information content (AvgIpc) is 2.67. The first-order chi connectivity index (χ1) is 6.90. The van der Waals surface area contributed by atoms with Gasteiger partial charge in [0.2, 0.25) is 0 Å². The van der Waals surface area contributed by atoms with Gasteiger partial charge in [0.05, 0.1) is 0 Å². The van der Waals surface area contributed by atoms with Gasteiger partial charge < -0.3 is 4.98 Å². The van der Waals surface area contributed by atoms with Gasteiger partial charge in [-0.2, -0.15) is 0 Å². The standard InChI is InChI=1S/C12H11NO/c14-9-12-8-13-7-11(12)6-10-4-2-1-3-5-10/h1-5,7-9,13H,6H2. The third-order valence-corrected chi connectivity index (χ3v) is 2.23. The molecule has 2 nitrogen and oxygen atoms in total. The lowest BCUT2D eigenvalue weighted by Gasteiger charge is -1.98. The van der Waals surface area contributed by atoms with Crippen molar-refractivity contribution in [1.82, 2.24) is 4.98 Å². The van der Waals surface area contributed by atoms with Crippen molar-refractivity contribution >= 4 is 6.29 Å². The average molecular weight is 185 g/mol. The van der Waals surface area contributed by atoms with Crippen LogP contribution in [0.1, 0.15) is 21.5 Å². The van der Waals surface area contributed by atoms with Crippen molar-refractivity contribution in [2.24, 2.45) is 0 Å². The Bertz CT molecular complexity index is 417. The Balaban J connectivity index is 2.23. The van der Waals surface area contributed by atoms with Crippen LogP contribution in [0.5, 0.6) is 0 Å². The summed E-state index contributed by atoms with van der Waals surface area (Å²) < 4.78 is 0. The lowest BCUT2D eigenvalue weighted by Crippen LogP contribution is -1.89. The van der Waals surface area contributed by atoms with Crippen LogP contribution < -0.4 is 0 Å². The second-order valence-corrected chi connectivity index (χ2v) is 3.22. The van der Waals surface area contributed by atoms with Crippen molar-refractivity contribution in [3.05, 3.63) is 59.4 Å². The van der Waals surface area contributed by atoms with Gasteiger partial charge in [0.1, 0.15) is 0 Å². The number of benzene rings is 1. The van der Waals surface area contributed by atoms with E-state index in [4.69, 9.17) is 0 Å². The van der Waals surface area contributed by atoms with Gasteiger partial charge in [-0.25, -0.2) is 0 Å². The maximum Gasteiger partial charge on any atom is 0.151 e. The maximum atomic E-state index is 10.7. The molecule has 1 N–H and O–H groups in total. The topological polar surface area (TPSA) is 32.9 Å². The number of H-pyrrole nitrogens is 1. The highest BCUT2D eigenvalue weighted by molar-refractivity contribution is 5.77. The molecule has 2 heteroatoms. The molecular formula is C12H11NO. The quantitative estimate of drug-likeness (QED) is 0.732. The molecule has 1 aromatic heterocycles. The Morgan fingerprint density at radius 3 is 2.64 bits per heavy atom. The van der Waals surface area contributed by atoms with Crippen LogP contribution in [-0.2, 0) is 6.42 Å². The molecule has 0 unspecified atom stereocenters. The molecule has 0 aliphatic carbocycles. The van der Waals surface area contributed by atoms with Gasteiger partial charge in [0, 0.05) is 18.0 Å². The Labute approximate surface area is 82.6 Å². The van der Waals surface area contributed by atoms with E-state index in [1.807, 2.05) is 24.4 Å². The zero-order valence-electron chi connectivity index (χ0n) is 7.73. The highest BCUT2D eigenvalue weighted by Gasteiger charge is 2.02. The van der Waals surface area contributed by atoms with Crippen molar-refractivity contribution in [3.8, 4) is 0 Å². The molecule has 2 rings (SSSR count). The summed E-state index contributed by atoms with van der Waals surface area (Å²) in [5.74, 6) is 0. The lowest BCUT2D eigenvalue weighted by atomic mass is 10.1. The Hall–Kier alpha value is -1.83. The van der Waals surface area contributed by atoms with E-state index in [0.29, 0.717) is 0 Å². The summed E-state index contributed by atoms with van der Waals surface area (Å²) in [6.45, 7) is 0. The van der Waals surface area contributed by atoms with Crippen molar-refractivity contribution in [1.29, 1.82) is 0 Å². The molecule has 14 heavy (non-hydrogen) atoms. The van der Waals surface area contributed by atoms with E-state index in [9.17, 15) is 4.79 Å². The van der Waals surface area contributed by atoms with Crippen molar-refractivity contribution in [2.45, 2.75) is 6.42 Å². The van der Waals surface area contributed by atoms with Crippen LogP contribution >= 0.6 is 0 Å². The minimum Gasteiger partial charge on any atom is -0.367 e. The van der Waals surface area contributed by atoms with Gasteiger partial charge in [-0.15, -0.1) is 0 Å². The molecule has 1 heterocycles. The number of aldehydes is 1. The van der Waals surface area contributed by atoms with Gasteiger partial charge in [-0.3, -0.25) is 4.79 Å². The Morgan fingerprint density at radius 2 is 1.93 bits per heavy atom. The van der Waals surface area contributed by atoms with E-state index < -0.39 is 0 Å². The zero-order valence-corrected chi connectivity index (χ0v) is 7.73. The summed E-state index contributed by atoms with van der Waals surface area (Å²) in [7, 11) is 0. The fourth-order valence-corrected chi connectivity index (χ4v) is 1.49. The fraction of sp³-hybridized carbons (Fsp3) is 0.0833. The Kier molecular flexibility index (Phi) is 2.45. The van der Waals surface area contributed by atoms with E-state index >= 15 is 0 Å². The lowest BCUT2D eigenvalue weighted by molar-refractivity contribution is 0.112. The summed E-state index contributed by atoms with van der Waals surface area (Å²) in [6, 6.07) is 10.1. The SMILES string of the molecule is O=Cc1c[nH]cc1Cc1ccccc1. The number of carbonyl (C=O) groups is 1. The molecule has 70 valence electrons. The van der Waals surface area contributed by atoms with Crippen molar-refractivity contribution in [2.75, 3.05) is 0 Å². The number of carbonyl (C=O) groups excluding carboxylic acids is 1. The van der Waals surface area contributed by atoms with E-state index in [1.54, 1.807) is 6.20 Å². The largest absolute Gasteiger partial charge is 0.367 e. The second-order valence-electron chi connectivity index (χ2n) is 3.22. The normalized spacial score (nSPS) is 10.0. The third kappa shape index (κ3) is 1.74. The molecular weight excluding hydrogens is 174 g/mol. The van der Waals surface area contributed by atoms with Gasteiger partial charge in [0.15, 0.2) is 6.29 Å². The number of hydrogen-bond donors (Lipinski definition) is 1. The minimum absolute atomic E-state index is 0.744. The van der Waals surface area contributed by atoms with Crippen LogP contribution in [0.2, 0.25) is 0 Å². The van der Waals surface area contributed by atoms with Crippen LogP contribution in [0.4, 0.5) is 0 Å². The molecule has 0 aliphatic heterocycles. The zero-order chi connectivity index (χ0) is 9.80. The second kappa shape index (κ2) is 3.92. The highest BCUT2D eigenvalue weighted by atomic mass is 16.1. The molecule has 2 aromatic rings. The first-order valence-corrected chi connectivity index (χ1v) is 4.55. The highest BCUT2D eigenvalue weighted by Crippen LogP contribution is 2.11. The van der Waals surface area contributed by atoms with Crippen LogP contribution in [-0.4, -0.2) is 11.3 Å². The van der Waals surface area contributed by atoms with Crippen LogP contribution in [0.3, 0.4) is 0 Å². The first-order valence-electron chi connectivity index (χ1n) is 4.55. The summed E-state index contributed by atoms with van der Waals surface area (Å²) in [5.41, 5.74) is 3.01. The minimum atomic E-state index is 0.744. The van der Waals surface area contributed by atoms with Gasteiger partial charge in [-0.1, -0.05) is 30.3 Å². The van der Waals surface area contributed by atoms with Crippen LogP contribution in [0, 0.1) is 0 Å². The smallest absolute Gasteiger partial charge is 0.151 e. The first kappa shape index (κ1) is 8.75. The van der Waals surface area contributed by atoms with E-state index in [-0.39, 0.29) is 0 Å². The Morgan fingerprint density at radius 1 is 1.14 bits per heavy atom. The fourth-order valence-electron chi connectivity index (χ4n) is 1.49. The summed E-state index contributed by atoms with van der Waals surface area (Å²) in [4.78, 5) is 13.6. The number of rotatable bonds is 3. The molecule has 0 atom stereocenters. The molecule has 0 fully saturated rings. The molecule has 1 aromatic carbocycles. The predicted molar refractivity (Wildman–Crippen MR) is 55.4 cm³/mol. The molecule has 0 amide bonds. The molecule has 0 spiro atoms. The predicted octanol–water partition coefficient (Wildman–Crippen LogP) is 2.42. The maximum absolute atomic E-state index is 10.7. The van der Waals surface area contributed by atoms with E-state index in [0.717, 1.165) is 23.8 Å². The van der Waals surface area contributed by atoms with Crippen LogP contribution in [0.25, 0.3) is 0 Å². The molecule has 0 bridgehead atoms. The number of nitrogens with one attached hydrogen (secondary N) is 1. The van der Waals surface area contributed by atoms with Crippen molar-refractivity contribution in [3.63, 3.8) is 0 Å². The summed E-state index contributed by atoms with van der Waals surface area (Å²) >= 11 is 0. The van der Waals surface area contributed by atoms with Crippen LogP contribution in [0.15, 0.2) is 42.7 Å². The van der Waals surface area contributed by atoms with Gasteiger partial charge >= 0.3 is 0 Å². The summed E-state index contributed by atoms with van der Waals surface area (Å²) in [5, 5.41) is 0. The van der Waals surface area contributed by atoms with Gasteiger partial charge in [0.25, 0.3) is 0 Å². The molecule has 0 saturated carbocycles. The van der Waals surface area contributed by atoms with Gasteiger partial charge in [-0.05, 0) is 17.5 Å². The summed E-state index contributed by atoms with van der Waals surface area (Å²) in [6.07, 6.45) is 5.29. The number of hydrogen-bond acceptors (Lipinski definition) is 1. The number of aromatic nitrogens is 1. The monoisotopic (exact) mass is 185 g/mol. The van der Waals surface area contributed by atoms with E-state index in [2.05, 4.69) is 17.1 Å². The third-order valence-electron chi connectivity index (χ3n) is 2.23. The molecule has 0 radical (unpaired) electrons. The molecule has 0 aliphatic rings.